The van der Waals surface area contributed by atoms with Gasteiger partial charge in [0, 0.05) is 7.11 Å². The maximum Gasteiger partial charge on any atom is 0.158 e. The molecule has 0 saturated carbocycles. The molecule has 0 aromatic heterocycles. The Balaban J connectivity index is 0. The monoisotopic (exact) mass is 150 g/mol. The first kappa shape index (κ1) is 12.2. The van der Waals surface area contributed by atoms with Gasteiger partial charge in [-0.05, 0) is 13.3 Å². The Hall–Kier alpha value is -0.450. The van der Waals surface area contributed by atoms with E-state index in [1.165, 1.54) is 6.92 Å². The molecule has 0 aliphatic heterocycles. The summed E-state index contributed by atoms with van der Waals surface area (Å²) in [6, 6.07) is 0. The summed E-state index contributed by atoms with van der Waals surface area (Å²) in [6.45, 7) is 3.47. The van der Waals surface area contributed by atoms with E-state index in [-0.39, 0.29) is 11.9 Å². The Kier molecular flexibility index (Phi) is 10.5. The maximum absolute atomic E-state index is 10.5. The third kappa shape index (κ3) is 5.68. The lowest BCUT2D eigenvalue weighted by Gasteiger charge is -2.06. The number of Topliss-reactive ketones (excluding diaryl/α,β-unsaturated/α-hetero) is 1. The van der Waals surface area contributed by atoms with Crippen molar-refractivity contribution in [3.05, 3.63) is 0 Å². The molecule has 0 fully saturated rings. The molecule has 1 atom stereocenters. The highest BCUT2D eigenvalue weighted by Crippen LogP contribution is 1.95. The maximum atomic E-state index is 10.5. The quantitative estimate of drug-likeness (QED) is 0.465. The molecule has 0 spiro atoms. The van der Waals surface area contributed by atoms with Crippen LogP contribution < -0.4 is 0 Å². The van der Waals surface area contributed by atoms with Crippen molar-refractivity contribution < 1.29 is 20.0 Å². The van der Waals surface area contributed by atoms with Gasteiger partial charge in [0.15, 0.2) is 5.78 Å². The van der Waals surface area contributed by atoms with E-state index in [0.29, 0.717) is 0 Å². The van der Waals surface area contributed by atoms with Gasteiger partial charge in [-0.1, -0.05) is 6.92 Å². The Morgan fingerprint density at radius 3 is 2.00 bits per heavy atom. The Morgan fingerprint density at radius 1 is 1.60 bits per heavy atom. The highest BCUT2D eigenvalue weighted by molar-refractivity contribution is 5.80. The van der Waals surface area contributed by atoms with E-state index in [4.69, 9.17) is 15.3 Å². The predicted molar refractivity (Wildman–Crippen MR) is 37.0 cm³/mol. The van der Waals surface area contributed by atoms with Crippen LogP contribution in [-0.2, 0) is 9.53 Å². The summed E-state index contributed by atoms with van der Waals surface area (Å²) in [4.78, 5) is 10.5. The molecule has 4 heteroatoms. The van der Waals surface area contributed by atoms with Crippen molar-refractivity contribution in [3.63, 3.8) is 0 Å². The second-order valence-corrected chi connectivity index (χ2v) is 1.74. The van der Waals surface area contributed by atoms with E-state index in [0.717, 1.165) is 6.42 Å². The van der Waals surface area contributed by atoms with Gasteiger partial charge in [0.25, 0.3) is 0 Å². The zero-order valence-corrected chi connectivity index (χ0v) is 6.50. The number of hydrogen-bond acceptors (Lipinski definition) is 4. The van der Waals surface area contributed by atoms with Crippen molar-refractivity contribution in [2.75, 3.05) is 7.11 Å². The third-order valence-electron chi connectivity index (χ3n) is 1.11. The lowest BCUT2D eigenvalue weighted by Crippen LogP contribution is -2.18. The molecule has 2 N–H and O–H groups in total. The van der Waals surface area contributed by atoms with Crippen molar-refractivity contribution in [3.8, 4) is 0 Å². The van der Waals surface area contributed by atoms with Crippen LogP contribution in [0.4, 0.5) is 0 Å². The SMILES string of the molecule is CCC(OC)C(C)=O.OO. The van der Waals surface area contributed by atoms with Gasteiger partial charge >= 0.3 is 0 Å². The lowest BCUT2D eigenvalue weighted by molar-refractivity contribution is -0.176. The minimum Gasteiger partial charge on any atom is -0.374 e. The molecule has 0 rings (SSSR count). The molecule has 0 heterocycles. The predicted octanol–water partition coefficient (Wildman–Crippen LogP) is 1.02. The minimum atomic E-state index is -0.185. The summed E-state index contributed by atoms with van der Waals surface area (Å²) in [5, 5.41) is 12.0. The zero-order chi connectivity index (χ0) is 8.57. The van der Waals surface area contributed by atoms with Crippen LogP contribution in [0.2, 0.25) is 0 Å². The van der Waals surface area contributed by atoms with Gasteiger partial charge in [0.1, 0.15) is 6.10 Å². The highest BCUT2D eigenvalue weighted by atomic mass is 17.0. The summed E-state index contributed by atoms with van der Waals surface area (Å²) >= 11 is 0. The number of hydrogen-bond donors (Lipinski definition) is 2. The van der Waals surface area contributed by atoms with Crippen LogP contribution in [-0.4, -0.2) is 29.5 Å². The zero-order valence-electron chi connectivity index (χ0n) is 6.50. The molecule has 0 aliphatic rings. The second-order valence-electron chi connectivity index (χ2n) is 1.74. The fourth-order valence-electron chi connectivity index (χ4n) is 0.620. The van der Waals surface area contributed by atoms with Gasteiger partial charge in [-0.2, -0.15) is 0 Å². The molecule has 0 amide bonds. The van der Waals surface area contributed by atoms with E-state index < -0.39 is 0 Å². The van der Waals surface area contributed by atoms with E-state index >= 15 is 0 Å². The number of carbonyl (C=O) groups excluding carboxylic acids is 1. The number of rotatable bonds is 3. The Bertz CT molecular complexity index is 77.8. The Labute approximate surface area is 60.4 Å². The number of ether oxygens (including phenoxy) is 1. The summed E-state index contributed by atoms with van der Waals surface area (Å²) in [5.74, 6) is 0.106. The standard InChI is InChI=1S/C6H12O2.H2O2/c1-4-6(8-3)5(2)7;1-2/h6H,4H2,1-3H3;1-2H. The smallest absolute Gasteiger partial charge is 0.158 e. The van der Waals surface area contributed by atoms with Crippen LogP contribution in [0.1, 0.15) is 20.3 Å². The van der Waals surface area contributed by atoms with E-state index in [1.54, 1.807) is 7.11 Å². The van der Waals surface area contributed by atoms with Gasteiger partial charge in [-0.3, -0.25) is 15.3 Å². The van der Waals surface area contributed by atoms with Gasteiger partial charge in [-0.15, -0.1) is 0 Å². The van der Waals surface area contributed by atoms with Gasteiger partial charge in [-0.25, -0.2) is 0 Å². The van der Waals surface area contributed by atoms with Crippen molar-refractivity contribution in [1.82, 2.24) is 0 Å². The molecule has 0 saturated heterocycles. The molecule has 0 aromatic carbocycles. The van der Waals surface area contributed by atoms with E-state index in [1.807, 2.05) is 6.92 Å². The van der Waals surface area contributed by atoms with Gasteiger partial charge in [0.05, 0.1) is 0 Å². The first-order chi connectivity index (χ1) is 4.72. The molecule has 10 heavy (non-hydrogen) atoms. The largest absolute Gasteiger partial charge is 0.374 e. The summed E-state index contributed by atoms with van der Waals surface area (Å²) < 4.78 is 4.81. The van der Waals surface area contributed by atoms with Crippen molar-refractivity contribution in [2.45, 2.75) is 26.4 Å². The Morgan fingerprint density at radius 2 is 2.00 bits per heavy atom. The van der Waals surface area contributed by atoms with Crippen LogP contribution in [0.3, 0.4) is 0 Å². The van der Waals surface area contributed by atoms with Crippen LogP contribution >= 0.6 is 0 Å². The topological polar surface area (TPSA) is 66.8 Å². The van der Waals surface area contributed by atoms with Crippen LogP contribution in [0.15, 0.2) is 0 Å². The average Bonchev–Trinajstić information content (AvgIpc) is 1.94. The molecule has 62 valence electrons. The fourth-order valence-corrected chi connectivity index (χ4v) is 0.620. The molecule has 1 unspecified atom stereocenters. The average molecular weight is 150 g/mol. The first-order valence-electron chi connectivity index (χ1n) is 2.95. The third-order valence-corrected chi connectivity index (χ3v) is 1.11. The van der Waals surface area contributed by atoms with Crippen LogP contribution in [0.5, 0.6) is 0 Å². The van der Waals surface area contributed by atoms with Crippen molar-refractivity contribution in [2.24, 2.45) is 0 Å². The summed E-state index contributed by atoms with van der Waals surface area (Å²) in [5.41, 5.74) is 0. The second kappa shape index (κ2) is 8.55. The number of methoxy groups -OCH3 is 1. The fraction of sp³-hybridized carbons (Fsp3) is 0.833. The molecule has 4 nitrogen and oxygen atoms in total. The van der Waals surface area contributed by atoms with Gasteiger partial charge < -0.3 is 4.74 Å². The molecule has 0 aromatic rings. The molecular formula is C6H14O4. The minimum absolute atomic E-state index is 0.106. The molecule has 0 radical (unpaired) electrons. The van der Waals surface area contributed by atoms with Crippen molar-refractivity contribution >= 4 is 5.78 Å². The molecular weight excluding hydrogens is 136 g/mol. The van der Waals surface area contributed by atoms with E-state index in [2.05, 4.69) is 0 Å². The summed E-state index contributed by atoms with van der Waals surface area (Å²) in [6.07, 6.45) is 0.584. The van der Waals surface area contributed by atoms with Crippen molar-refractivity contribution in [1.29, 1.82) is 0 Å². The van der Waals surface area contributed by atoms with Gasteiger partial charge in [0.2, 0.25) is 0 Å². The lowest BCUT2D eigenvalue weighted by atomic mass is 10.2. The summed E-state index contributed by atoms with van der Waals surface area (Å²) in [7, 11) is 1.55. The number of carbonyl (C=O) groups is 1. The normalized spacial score (nSPS) is 11.3. The molecule has 0 bridgehead atoms. The van der Waals surface area contributed by atoms with Crippen LogP contribution in [0, 0.1) is 0 Å². The van der Waals surface area contributed by atoms with Crippen LogP contribution in [0.25, 0.3) is 0 Å². The first-order valence-corrected chi connectivity index (χ1v) is 2.95. The number of ketones is 1. The molecule has 0 aliphatic carbocycles. The highest BCUT2D eigenvalue weighted by Gasteiger charge is 2.07. The van der Waals surface area contributed by atoms with E-state index in [9.17, 15) is 4.79 Å².